The molecule has 3 rings (SSSR count). The molecule has 3 aliphatic rings. The minimum Gasteiger partial charge on any atom is -0.478 e. The number of ketones is 1. The first kappa shape index (κ1) is 17.9. The zero-order valence-electron chi connectivity index (χ0n) is 15.1. The Hall–Kier alpha value is -1.91. The number of carbonyl (C=O) groups excluding carboxylic acids is 2. The van der Waals surface area contributed by atoms with Gasteiger partial charge in [0.1, 0.15) is 6.61 Å². The number of ether oxygens (including phenoxy) is 1. The van der Waals surface area contributed by atoms with Crippen molar-refractivity contribution in [3.05, 3.63) is 23.3 Å². The van der Waals surface area contributed by atoms with Crippen LogP contribution in [0.2, 0.25) is 0 Å². The monoisotopic (exact) mass is 346 g/mol. The lowest BCUT2D eigenvalue weighted by molar-refractivity contribution is -0.139. The first-order valence-electron chi connectivity index (χ1n) is 9.01. The fraction of sp³-hybridized carbons (Fsp3) is 0.650. The van der Waals surface area contributed by atoms with Crippen LogP contribution < -0.4 is 0 Å². The minimum atomic E-state index is -0.977. The van der Waals surface area contributed by atoms with Gasteiger partial charge in [0.25, 0.3) is 0 Å². The SMILES string of the molecule is C[C@@H]1CC[C@@]2(C)C(C(=O)O)=CC(=O)C[C@@H]2[C@@]1(C)CCC1=CC(=O)OC1. The molecule has 0 aromatic rings. The van der Waals surface area contributed by atoms with Gasteiger partial charge in [-0.05, 0) is 54.6 Å². The molecular weight excluding hydrogens is 320 g/mol. The van der Waals surface area contributed by atoms with Gasteiger partial charge in [-0.25, -0.2) is 9.59 Å². The van der Waals surface area contributed by atoms with Crippen LogP contribution in [0.15, 0.2) is 23.3 Å². The van der Waals surface area contributed by atoms with Crippen molar-refractivity contribution < 1.29 is 24.2 Å². The van der Waals surface area contributed by atoms with Crippen LogP contribution in [0, 0.1) is 22.7 Å². The van der Waals surface area contributed by atoms with E-state index in [0.29, 0.717) is 18.9 Å². The van der Waals surface area contributed by atoms with Crippen molar-refractivity contribution in [2.45, 2.75) is 52.9 Å². The van der Waals surface area contributed by atoms with Gasteiger partial charge >= 0.3 is 11.9 Å². The molecule has 0 aromatic heterocycles. The molecule has 0 unspecified atom stereocenters. The largest absolute Gasteiger partial charge is 0.478 e. The standard InChI is InChI=1S/C20H26O5/c1-12-4-6-20(3)15(18(23)24)9-14(21)10-16(20)19(12,2)7-5-13-8-17(22)25-11-13/h8-9,12,16H,4-7,10-11H2,1-3H3,(H,23,24)/t12-,16-,19+,20+/m1/s1. The molecule has 0 bridgehead atoms. The minimum absolute atomic E-state index is 0.00553. The van der Waals surface area contributed by atoms with Crippen molar-refractivity contribution in [1.29, 1.82) is 0 Å². The number of carboxylic acids is 1. The van der Waals surface area contributed by atoms with E-state index >= 15 is 0 Å². The van der Waals surface area contributed by atoms with Crippen molar-refractivity contribution >= 4 is 17.7 Å². The van der Waals surface area contributed by atoms with Gasteiger partial charge < -0.3 is 9.84 Å². The summed E-state index contributed by atoms with van der Waals surface area (Å²) in [6.45, 7) is 6.75. The number of aliphatic carboxylic acids is 1. The summed E-state index contributed by atoms with van der Waals surface area (Å²) in [4.78, 5) is 35.3. The molecule has 1 saturated carbocycles. The quantitative estimate of drug-likeness (QED) is 0.790. The van der Waals surface area contributed by atoms with Crippen LogP contribution in [-0.2, 0) is 19.1 Å². The summed E-state index contributed by atoms with van der Waals surface area (Å²) in [5.74, 6) is -0.949. The van der Waals surface area contributed by atoms with Crippen molar-refractivity contribution in [2.24, 2.45) is 22.7 Å². The molecule has 5 heteroatoms. The molecule has 0 spiro atoms. The molecule has 2 aliphatic carbocycles. The molecule has 25 heavy (non-hydrogen) atoms. The smallest absolute Gasteiger partial charge is 0.332 e. The van der Waals surface area contributed by atoms with Gasteiger partial charge in [-0.15, -0.1) is 0 Å². The number of rotatable bonds is 4. The summed E-state index contributed by atoms with van der Waals surface area (Å²) in [7, 11) is 0. The highest BCUT2D eigenvalue weighted by molar-refractivity contribution is 6.01. The summed E-state index contributed by atoms with van der Waals surface area (Å²) < 4.78 is 4.98. The van der Waals surface area contributed by atoms with Crippen molar-refractivity contribution in [3.8, 4) is 0 Å². The van der Waals surface area contributed by atoms with Gasteiger partial charge in [0.2, 0.25) is 0 Å². The van der Waals surface area contributed by atoms with Gasteiger partial charge in [0, 0.05) is 23.5 Å². The summed E-state index contributed by atoms with van der Waals surface area (Å²) >= 11 is 0. The molecule has 0 amide bonds. The van der Waals surface area contributed by atoms with E-state index < -0.39 is 11.4 Å². The van der Waals surface area contributed by atoms with Crippen LogP contribution in [-0.4, -0.2) is 29.4 Å². The molecule has 0 radical (unpaired) electrons. The average molecular weight is 346 g/mol. The zero-order valence-corrected chi connectivity index (χ0v) is 15.1. The van der Waals surface area contributed by atoms with Gasteiger partial charge in [0.15, 0.2) is 5.78 Å². The van der Waals surface area contributed by atoms with Crippen LogP contribution >= 0.6 is 0 Å². The topological polar surface area (TPSA) is 80.7 Å². The molecule has 1 N–H and O–H groups in total. The first-order valence-corrected chi connectivity index (χ1v) is 9.01. The van der Waals surface area contributed by atoms with Gasteiger partial charge in [-0.1, -0.05) is 20.8 Å². The average Bonchev–Trinajstić information content (AvgIpc) is 2.96. The fourth-order valence-electron chi connectivity index (χ4n) is 5.17. The van der Waals surface area contributed by atoms with Crippen LogP contribution in [0.1, 0.15) is 52.9 Å². The Bertz CT molecular complexity index is 688. The molecule has 1 heterocycles. The Kier molecular flexibility index (Phi) is 4.38. The second-order valence-corrected chi connectivity index (χ2v) is 8.36. The molecule has 0 aromatic carbocycles. The van der Waals surface area contributed by atoms with E-state index in [9.17, 15) is 19.5 Å². The Morgan fingerprint density at radius 1 is 1.32 bits per heavy atom. The first-order chi connectivity index (χ1) is 11.7. The second-order valence-electron chi connectivity index (χ2n) is 8.36. The van der Waals surface area contributed by atoms with Crippen LogP contribution in [0.4, 0.5) is 0 Å². The Balaban J connectivity index is 1.91. The van der Waals surface area contributed by atoms with E-state index in [1.807, 2.05) is 6.92 Å². The summed E-state index contributed by atoms with van der Waals surface area (Å²) in [5.41, 5.74) is 0.633. The lowest BCUT2D eigenvalue weighted by Gasteiger charge is -2.57. The highest BCUT2D eigenvalue weighted by Gasteiger charge is 2.56. The van der Waals surface area contributed by atoms with Crippen LogP contribution in [0.5, 0.6) is 0 Å². The molecule has 136 valence electrons. The number of hydrogen-bond acceptors (Lipinski definition) is 4. The van der Waals surface area contributed by atoms with Crippen molar-refractivity contribution in [2.75, 3.05) is 6.61 Å². The van der Waals surface area contributed by atoms with Gasteiger partial charge in [0.05, 0.1) is 0 Å². The lowest BCUT2D eigenvalue weighted by Crippen LogP contribution is -2.52. The molecule has 0 saturated heterocycles. The Labute approximate surface area is 148 Å². The summed E-state index contributed by atoms with van der Waals surface area (Å²) in [6.07, 6.45) is 6.63. The van der Waals surface area contributed by atoms with Crippen LogP contribution in [0.25, 0.3) is 0 Å². The summed E-state index contributed by atoms with van der Waals surface area (Å²) in [6, 6.07) is 0. The maximum absolute atomic E-state index is 12.3. The van der Waals surface area contributed by atoms with E-state index in [2.05, 4.69) is 13.8 Å². The predicted octanol–water partition coefficient (Wildman–Crippen LogP) is 3.29. The number of cyclic esters (lactones) is 1. The predicted molar refractivity (Wildman–Crippen MR) is 91.7 cm³/mol. The van der Waals surface area contributed by atoms with E-state index in [1.54, 1.807) is 6.08 Å². The Morgan fingerprint density at radius 3 is 2.64 bits per heavy atom. The number of hydrogen-bond donors (Lipinski definition) is 1. The van der Waals surface area contributed by atoms with Gasteiger partial charge in [-0.3, -0.25) is 4.79 Å². The normalized spacial score (nSPS) is 37.9. The summed E-state index contributed by atoms with van der Waals surface area (Å²) in [5, 5.41) is 9.64. The van der Waals surface area contributed by atoms with Crippen molar-refractivity contribution in [3.63, 3.8) is 0 Å². The van der Waals surface area contributed by atoms with E-state index in [-0.39, 0.29) is 28.7 Å². The number of carbonyl (C=O) groups is 3. The van der Waals surface area contributed by atoms with E-state index in [0.717, 1.165) is 31.3 Å². The molecule has 5 nitrogen and oxygen atoms in total. The third kappa shape index (κ3) is 2.94. The molecule has 1 fully saturated rings. The second kappa shape index (κ2) is 6.11. The molecular formula is C20H26O5. The third-order valence-corrected chi connectivity index (χ3v) is 7.05. The highest BCUT2D eigenvalue weighted by atomic mass is 16.5. The number of carboxylic acid groups (broad SMARTS) is 1. The van der Waals surface area contributed by atoms with Gasteiger partial charge in [-0.2, -0.15) is 0 Å². The van der Waals surface area contributed by atoms with Crippen LogP contribution in [0.3, 0.4) is 0 Å². The van der Waals surface area contributed by atoms with Crippen molar-refractivity contribution in [1.82, 2.24) is 0 Å². The maximum atomic E-state index is 12.3. The highest BCUT2D eigenvalue weighted by Crippen LogP contribution is 2.61. The Morgan fingerprint density at radius 2 is 2.04 bits per heavy atom. The maximum Gasteiger partial charge on any atom is 0.332 e. The van der Waals surface area contributed by atoms with E-state index in [4.69, 9.17) is 4.74 Å². The number of fused-ring (bicyclic) bond motifs is 1. The number of allylic oxidation sites excluding steroid dienone is 1. The third-order valence-electron chi connectivity index (χ3n) is 7.05. The zero-order chi connectivity index (χ0) is 18.4. The lowest BCUT2D eigenvalue weighted by atomic mass is 9.46. The van der Waals surface area contributed by atoms with E-state index in [1.165, 1.54) is 6.08 Å². The fourth-order valence-corrected chi connectivity index (χ4v) is 5.17. The number of esters is 1. The molecule has 1 aliphatic heterocycles. The molecule has 4 atom stereocenters.